The third-order valence-electron chi connectivity index (χ3n) is 27.0. The normalized spacial score (nSPS) is 20.2. The number of hydrogen-bond acceptors (Lipinski definition) is 29. The van der Waals surface area contributed by atoms with Gasteiger partial charge in [0.25, 0.3) is 76.7 Å². The highest BCUT2D eigenvalue weighted by atomic mass is 32.2. The van der Waals surface area contributed by atoms with Crippen molar-refractivity contribution in [1.82, 2.24) is 20.3 Å². The van der Waals surface area contributed by atoms with Crippen LogP contribution in [-0.4, -0.2) is 280 Å². The summed E-state index contributed by atoms with van der Waals surface area (Å²) in [5.41, 5.74) is 1.67. The maximum atomic E-state index is 15.2. The maximum Gasteiger partial charge on any atom is 0.338 e. The number of nitrogens with one attached hydrogen (secondary N) is 1. The first kappa shape index (κ1) is 108. The Kier molecular flexibility index (Phi) is 33.5. The average Bonchev–Trinajstić information content (AvgIpc) is 1.55. The molecule has 47 heteroatoms. The SMILES string of the molecule is CCCOC(=O)c1cc(C(=O)NC2CCN(c3nc(N4CCC(CC(=O)c5cc(C(=O)OCCCS(=O)(=O)O)c6c(c5)[N+](CCCS(=O)(=O)O)=C(C=CC=C5N(CCCS(=O)(=O)O)c7ccccc7C5(C)CCCS(=O)(=O)O)C6(C)C)CC4)nc(N4CCC(C(=O)O)CC4)n3)CC2)cc2c1C(C)(C)C(C=CC=C1N(CCCS(=O)(=O)O)c3ccc(S(=O)(=O)O)cc3C1(C)CCC)=[N+]2CCCS(=O)(=O)O. The molecule has 5 aromatic rings. The van der Waals surface area contributed by atoms with Gasteiger partial charge in [0.05, 0.1) is 91.6 Å². The molecule has 9 N–H and O–H groups in total. The number of aliphatic carboxylic acids is 1. The molecular weight excluding hydrogens is 1950 g/mol. The molecule has 4 aromatic carbocycles. The minimum Gasteiger partial charge on any atom is -0.481 e. The van der Waals surface area contributed by atoms with Gasteiger partial charge in [-0.2, -0.15) is 83.0 Å². The first-order chi connectivity index (χ1) is 64.9. The van der Waals surface area contributed by atoms with Gasteiger partial charge in [-0.25, -0.2) is 9.59 Å². The molecule has 0 spiro atoms. The van der Waals surface area contributed by atoms with E-state index in [4.69, 9.17) is 24.4 Å². The molecule has 1 amide bonds. The molecule has 0 saturated carbocycles. The van der Waals surface area contributed by atoms with Crippen LogP contribution in [0.15, 0.2) is 119 Å². The number of carboxylic acid groups (broad SMARTS) is 1. The van der Waals surface area contributed by atoms with Crippen LogP contribution >= 0.6 is 0 Å². The van der Waals surface area contributed by atoms with Crippen LogP contribution in [0.5, 0.6) is 0 Å². The van der Waals surface area contributed by atoms with Crippen LogP contribution in [0.1, 0.15) is 228 Å². The summed E-state index contributed by atoms with van der Waals surface area (Å²) in [6, 6.07) is 16.9. The topological polar surface area (TPSA) is 578 Å². The molecule has 8 heterocycles. The van der Waals surface area contributed by atoms with Crippen molar-refractivity contribution >= 4 is 152 Å². The van der Waals surface area contributed by atoms with Crippen LogP contribution in [0, 0.1) is 11.8 Å². The van der Waals surface area contributed by atoms with Crippen LogP contribution in [-0.2, 0) is 107 Å². The number of carbonyl (C=O) groups is 5. The van der Waals surface area contributed by atoms with Crippen molar-refractivity contribution in [1.29, 1.82) is 0 Å². The summed E-state index contributed by atoms with van der Waals surface area (Å²) < 4.78 is 255. The van der Waals surface area contributed by atoms with Crippen molar-refractivity contribution in [3.05, 3.63) is 159 Å². The number of allylic oxidation sites excluding steroid dienone is 8. The first-order valence-corrected chi connectivity index (χ1v) is 57.4. The van der Waals surface area contributed by atoms with Crippen molar-refractivity contribution in [2.24, 2.45) is 11.8 Å². The van der Waals surface area contributed by atoms with E-state index in [1.807, 2.05) is 72.1 Å². The lowest BCUT2D eigenvalue weighted by molar-refractivity contribution is -0.437. The van der Waals surface area contributed by atoms with E-state index in [1.54, 1.807) is 89.8 Å². The molecule has 1 aromatic heterocycles. The Balaban J connectivity index is 0.818. The van der Waals surface area contributed by atoms with Gasteiger partial charge in [0.2, 0.25) is 29.2 Å². The van der Waals surface area contributed by atoms with E-state index >= 15 is 9.59 Å². The number of carbonyl (C=O) groups excluding carboxylic acids is 4. The van der Waals surface area contributed by atoms with Gasteiger partial charge in [-0.1, -0.05) is 50.6 Å². The number of anilines is 5. The Morgan fingerprint density at radius 3 is 1.35 bits per heavy atom. The second-order valence-corrected chi connectivity index (χ2v) is 48.7. The molecule has 3 saturated heterocycles. The van der Waals surface area contributed by atoms with Crippen molar-refractivity contribution < 1.29 is 138 Å². The molecule has 12 rings (SSSR count). The smallest absolute Gasteiger partial charge is 0.338 e. The van der Waals surface area contributed by atoms with Gasteiger partial charge in [0.15, 0.2) is 17.2 Å². The number of nitrogens with zero attached hydrogens (tertiary/aromatic N) is 10. The highest BCUT2D eigenvalue weighted by molar-refractivity contribution is 7.87. The van der Waals surface area contributed by atoms with E-state index in [1.165, 1.54) is 30.3 Å². The van der Waals surface area contributed by atoms with Crippen molar-refractivity contribution in [2.45, 2.75) is 197 Å². The van der Waals surface area contributed by atoms with Crippen molar-refractivity contribution in [3.8, 4) is 0 Å². The number of aromatic nitrogens is 3. The summed E-state index contributed by atoms with van der Waals surface area (Å²) in [5, 5.41) is 13.2. The van der Waals surface area contributed by atoms with E-state index in [-0.39, 0.29) is 135 Å². The average molecular weight is 2070 g/mol. The fourth-order valence-electron chi connectivity index (χ4n) is 20.3. The lowest BCUT2D eigenvalue weighted by Crippen LogP contribution is -2.45. The maximum absolute atomic E-state index is 15.2. The number of Topliss-reactive ketones (excluding diaryl/α,β-unsaturated/α-hetero) is 1. The molecule has 139 heavy (non-hydrogen) atoms. The molecule has 0 aliphatic carbocycles. The van der Waals surface area contributed by atoms with Gasteiger partial charge in [-0.15, -0.1) is 0 Å². The standard InChI is InChI=1S/C92H121N11O29S7/c1-9-35-91(7)70-60-66(139(128,129)130)27-28-72(70)101(38-17-51-135(116,117)118)78(91)25-13-23-77-90(5,6)81-68(84(108)131-47-10-2)57-64(59-74(81)103(77)40-19-53-137(122,123)124)82(105)93-65-33-45-99(46-34-65)88-95-86(94-87(96-88)98-43-31-62(32-44-98)83(106)107)97-41-29-61(30-42-97)55-75(104)63-56-67(85(109)132-48-20-54-138(125,126)127)80-73(58-63)102(39-18-52-136(119,120)121)76(89(80,3)4)24-14-26-79-92(8,36-15-49-133(110,111)112)69-21-11-12-22-71(69)100(79)37-16-50-134(113,114)115/h11-14,21-28,56-62,65H,9-10,15-20,29-55H2,1-8H3,(H7-2,93,105,106,107,110,111,112,113,114,115,116,117,118,119,120,121,122,123,124,125,126,127,128,129,130)/p+2. The van der Waals surface area contributed by atoms with Crippen LogP contribution in [0.4, 0.5) is 40.6 Å². The number of fused-ring (bicyclic) bond motifs is 4. The molecule has 3 fully saturated rings. The quantitative estimate of drug-likeness (QED) is 0.00575. The fourth-order valence-corrected chi connectivity index (χ4v) is 23.8. The number of piperidine rings is 3. The molecule has 7 aliphatic heterocycles. The number of carboxylic acids is 1. The van der Waals surface area contributed by atoms with E-state index < -0.39 is 175 Å². The summed E-state index contributed by atoms with van der Waals surface area (Å²) in [5.74, 6) is -7.59. The van der Waals surface area contributed by atoms with E-state index in [9.17, 15) is 110 Å². The summed E-state index contributed by atoms with van der Waals surface area (Å²) in [7, 11) is -31.5. The Hall–Kier alpha value is -9.89. The second kappa shape index (κ2) is 43.1. The fraction of sp³-hybridized carbons (Fsp3) is 0.543. The lowest BCUT2D eigenvalue weighted by atomic mass is 9.77. The number of ether oxygens (including phenoxy) is 2. The Morgan fingerprint density at radius 1 is 0.475 bits per heavy atom. The third kappa shape index (κ3) is 26.3. The molecule has 40 nitrogen and oxygen atoms in total. The number of amides is 1. The summed E-state index contributed by atoms with van der Waals surface area (Å²) in [6.07, 6.45) is 13.2. The molecule has 2 unspecified atom stereocenters. The minimum atomic E-state index is -4.69. The van der Waals surface area contributed by atoms with Gasteiger partial charge >= 0.3 is 17.9 Å². The summed E-state index contributed by atoms with van der Waals surface area (Å²) >= 11 is 0. The second-order valence-electron chi connectivity index (χ2n) is 37.9. The minimum absolute atomic E-state index is 0.00996. The van der Waals surface area contributed by atoms with E-state index in [2.05, 4.69) is 5.32 Å². The molecular formula is C92H123N11O29S7+2. The molecule has 0 radical (unpaired) electrons. The number of ketones is 1. The van der Waals surface area contributed by atoms with Gasteiger partial charge in [0.1, 0.15) is 13.1 Å². The summed E-state index contributed by atoms with van der Waals surface area (Å²) in [4.78, 5) is 96.0. The number of para-hydroxylation sites is 1. The zero-order chi connectivity index (χ0) is 102. The highest BCUT2D eigenvalue weighted by Crippen LogP contribution is 2.54. The first-order valence-electron chi connectivity index (χ1n) is 46.3. The van der Waals surface area contributed by atoms with Gasteiger partial charge in [-0.05, 0) is 191 Å². The predicted octanol–water partition coefficient (Wildman–Crippen LogP) is 10.1. The van der Waals surface area contributed by atoms with E-state index in [0.717, 1.165) is 5.56 Å². The van der Waals surface area contributed by atoms with Crippen LogP contribution in [0.3, 0.4) is 0 Å². The van der Waals surface area contributed by atoms with Crippen LogP contribution in [0.2, 0.25) is 0 Å². The molecule has 7 aliphatic rings. The molecule has 760 valence electrons. The monoisotopic (exact) mass is 2070 g/mol. The summed E-state index contributed by atoms with van der Waals surface area (Å²) in [6.45, 7) is 16.0. The highest BCUT2D eigenvalue weighted by Gasteiger charge is 2.52. The van der Waals surface area contributed by atoms with Gasteiger partial charge in [0, 0.05) is 147 Å². The largest absolute Gasteiger partial charge is 0.481 e. The van der Waals surface area contributed by atoms with E-state index in [0.29, 0.717) is 160 Å². The number of hydrogen-bond donors (Lipinski definition) is 9. The third-order valence-corrected chi connectivity index (χ3v) is 32.7. The zero-order valence-electron chi connectivity index (χ0n) is 78.8. The van der Waals surface area contributed by atoms with Crippen molar-refractivity contribution in [3.63, 3.8) is 0 Å². The number of rotatable bonds is 44. The predicted molar refractivity (Wildman–Crippen MR) is 521 cm³/mol. The number of esters is 2. The van der Waals surface area contributed by atoms with Crippen LogP contribution < -0.4 is 29.8 Å². The van der Waals surface area contributed by atoms with Crippen molar-refractivity contribution in [2.75, 3.05) is 138 Å². The Labute approximate surface area is 811 Å². The molecule has 2 atom stereocenters. The van der Waals surface area contributed by atoms with Gasteiger partial charge < -0.3 is 44.4 Å². The molecule has 0 bridgehead atoms. The Morgan fingerprint density at radius 2 is 0.892 bits per heavy atom. The Bertz CT molecular complexity index is 6660. The lowest BCUT2D eigenvalue weighted by Gasteiger charge is -2.36. The van der Waals surface area contributed by atoms with Crippen LogP contribution in [0.25, 0.3) is 0 Å². The van der Waals surface area contributed by atoms with Gasteiger partial charge in [-0.3, -0.25) is 46.3 Å². The zero-order valence-corrected chi connectivity index (χ0v) is 84.5. The number of benzene rings is 4.